The minimum Gasteiger partial charge on any atom is -0.493 e. The summed E-state index contributed by atoms with van der Waals surface area (Å²) in [6.45, 7) is 4.35. The van der Waals surface area contributed by atoms with Crippen LogP contribution in [-0.2, 0) is 6.54 Å². The topological polar surface area (TPSA) is 72.7 Å². The van der Waals surface area contributed by atoms with Gasteiger partial charge in [-0.05, 0) is 37.6 Å². The summed E-state index contributed by atoms with van der Waals surface area (Å²) in [6.07, 6.45) is 2.82. The van der Waals surface area contributed by atoms with E-state index in [4.69, 9.17) is 9.47 Å². The van der Waals surface area contributed by atoms with Gasteiger partial charge in [0.25, 0.3) is 0 Å². The summed E-state index contributed by atoms with van der Waals surface area (Å²) in [5, 5.41) is 6.65. The number of aromatic nitrogens is 2. The molecule has 0 fully saturated rings. The average Bonchev–Trinajstić information content (AvgIpc) is 3.17. The standard InChI is InChI=1S/C22H29N5O2.HI/c1-17(29-21-12-7-6-11-20(21)28-3)15-25-22(23-2)24-13-8-14-27-16-26-18-9-4-5-10-19(18)27;/h4-7,9-12,16-17H,8,13-15H2,1-3H3,(H2,23,24,25);1H. The SMILES string of the molecule is CN=C(NCCCn1cnc2ccccc21)NCC(C)Oc1ccccc1OC.I. The molecule has 0 saturated carbocycles. The van der Waals surface area contributed by atoms with Crippen molar-refractivity contribution in [2.75, 3.05) is 27.2 Å². The van der Waals surface area contributed by atoms with Crippen molar-refractivity contribution in [2.45, 2.75) is 26.0 Å². The normalized spacial score (nSPS) is 12.2. The minimum absolute atomic E-state index is 0. The second-order valence-corrected chi connectivity index (χ2v) is 6.74. The zero-order valence-electron chi connectivity index (χ0n) is 17.7. The van der Waals surface area contributed by atoms with E-state index < -0.39 is 0 Å². The number of aliphatic imine (C=N–C) groups is 1. The van der Waals surface area contributed by atoms with Crippen LogP contribution in [0.3, 0.4) is 0 Å². The van der Waals surface area contributed by atoms with Gasteiger partial charge in [-0.2, -0.15) is 0 Å². The first-order valence-corrected chi connectivity index (χ1v) is 9.85. The smallest absolute Gasteiger partial charge is 0.191 e. The maximum Gasteiger partial charge on any atom is 0.191 e. The molecule has 30 heavy (non-hydrogen) atoms. The van der Waals surface area contributed by atoms with Crippen molar-refractivity contribution in [2.24, 2.45) is 4.99 Å². The Morgan fingerprint density at radius 3 is 2.60 bits per heavy atom. The number of nitrogens with one attached hydrogen (secondary N) is 2. The monoisotopic (exact) mass is 523 g/mol. The van der Waals surface area contributed by atoms with Gasteiger partial charge in [0.05, 0.1) is 31.0 Å². The maximum atomic E-state index is 5.97. The van der Waals surface area contributed by atoms with Crippen molar-refractivity contribution < 1.29 is 9.47 Å². The van der Waals surface area contributed by atoms with E-state index in [9.17, 15) is 0 Å². The van der Waals surface area contributed by atoms with Gasteiger partial charge >= 0.3 is 0 Å². The number of hydrogen-bond donors (Lipinski definition) is 2. The predicted molar refractivity (Wildman–Crippen MR) is 132 cm³/mol. The highest BCUT2D eigenvalue weighted by Gasteiger charge is 2.09. The molecule has 1 aromatic heterocycles. The highest BCUT2D eigenvalue weighted by atomic mass is 127. The lowest BCUT2D eigenvalue weighted by Gasteiger charge is -2.19. The molecule has 0 spiro atoms. The Kier molecular flexibility index (Phi) is 9.72. The fraction of sp³-hybridized carbons (Fsp3) is 0.364. The number of benzene rings is 2. The number of rotatable bonds is 9. The molecule has 1 atom stereocenters. The van der Waals surface area contributed by atoms with E-state index in [0.29, 0.717) is 6.54 Å². The number of para-hydroxylation sites is 4. The Hall–Kier alpha value is -2.49. The maximum absolute atomic E-state index is 5.97. The zero-order chi connectivity index (χ0) is 20.5. The molecule has 0 saturated heterocycles. The zero-order valence-corrected chi connectivity index (χ0v) is 20.0. The van der Waals surface area contributed by atoms with Crippen molar-refractivity contribution in [3.63, 3.8) is 0 Å². The largest absolute Gasteiger partial charge is 0.493 e. The van der Waals surface area contributed by atoms with Crippen LogP contribution in [0.4, 0.5) is 0 Å². The van der Waals surface area contributed by atoms with E-state index >= 15 is 0 Å². The minimum atomic E-state index is -0.0397. The fourth-order valence-corrected chi connectivity index (χ4v) is 3.08. The molecule has 2 N–H and O–H groups in total. The fourth-order valence-electron chi connectivity index (χ4n) is 3.08. The molecule has 3 rings (SSSR count). The third-order valence-corrected chi connectivity index (χ3v) is 4.57. The molecule has 0 bridgehead atoms. The average molecular weight is 523 g/mol. The number of imidazole rings is 1. The van der Waals surface area contributed by atoms with Crippen LogP contribution in [0.5, 0.6) is 11.5 Å². The molecule has 3 aromatic rings. The summed E-state index contributed by atoms with van der Waals surface area (Å²) in [6, 6.07) is 15.8. The van der Waals surface area contributed by atoms with E-state index in [2.05, 4.69) is 31.2 Å². The van der Waals surface area contributed by atoms with Gasteiger partial charge in [0, 0.05) is 20.1 Å². The Labute approximate surface area is 194 Å². The molecular weight excluding hydrogens is 493 g/mol. The van der Waals surface area contributed by atoms with Crippen LogP contribution in [0, 0.1) is 0 Å². The molecular formula is C22H30IN5O2. The van der Waals surface area contributed by atoms with Crippen LogP contribution in [0.15, 0.2) is 59.9 Å². The van der Waals surface area contributed by atoms with Gasteiger partial charge in [-0.1, -0.05) is 24.3 Å². The summed E-state index contributed by atoms with van der Waals surface area (Å²) in [4.78, 5) is 8.71. The molecule has 0 aliphatic carbocycles. The Bertz CT molecular complexity index is 944. The first-order chi connectivity index (χ1) is 14.2. The Balaban J connectivity index is 0.00000320. The summed E-state index contributed by atoms with van der Waals surface area (Å²) >= 11 is 0. The van der Waals surface area contributed by atoms with Gasteiger partial charge in [0.1, 0.15) is 6.10 Å². The highest BCUT2D eigenvalue weighted by molar-refractivity contribution is 14.0. The summed E-state index contributed by atoms with van der Waals surface area (Å²) in [7, 11) is 3.41. The van der Waals surface area contributed by atoms with E-state index in [1.165, 1.54) is 0 Å². The van der Waals surface area contributed by atoms with Crippen LogP contribution in [0.1, 0.15) is 13.3 Å². The third-order valence-electron chi connectivity index (χ3n) is 4.57. The Morgan fingerprint density at radius 2 is 1.83 bits per heavy atom. The molecule has 0 radical (unpaired) electrons. The molecule has 1 unspecified atom stereocenters. The quantitative estimate of drug-likeness (QED) is 0.194. The molecule has 8 heteroatoms. The number of halogens is 1. The van der Waals surface area contributed by atoms with Crippen molar-refractivity contribution in [1.82, 2.24) is 20.2 Å². The molecule has 162 valence electrons. The second-order valence-electron chi connectivity index (χ2n) is 6.74. The highest BCUT2D eigenvalue weighted by Crippen LogP contribution is 2.26. The Morgan fingerprint density at radius 1 is 1.10 bits per heavy atom. The van der Waals surface area contributed by atoms with Crippen LogP contribution in [-0.4, -0.2) is 48.9 Å². The van der Waals surface area contributed by atoms with Gasteiger partial charge in [0.15, 0.2) is 17.5 Å². The third kappa shape index (κ3) is 6.51. The molecule has 0 aliphatic heterocycles. The van der Waals surface area contributed by atoms with Crippen molar-refractivity contribution in [3.05, 3.63) is 54.9 Å². The van der Waals surface area contributed by atoms with Gasteiger partial charge in [-0.15, -0.1) is 24.0 Å². The van der Waals surface area contributed by atoms with Gasteiger partial charge < -0.3 is 24.7 Å². The number of hydrogen-bond acceptors (Lipinski definition) is 4. The number of nitrogens with zero attached hydrogens (tertiary/aromatic N) is 3. The molecule has 7 nitrogen and oxygen atoms in total. The van der Waals surface area contributed by atoms with Gasteiger partial charge in [0.2, 0.25) is 0 Å². The summed E-state index contributed by atoms with van der Waals surface area (Å²) in [5.74, 6) is 2.23. The lowest BCUT2D eigenvalue weighted by molar-refractivity contribution is 0.213. The number of aryl methyl sites for hydroxylation is 1. The lowest BCUT2D eigenvalue weighted by atomic mass is 10.3. The van der Waals surface area contributed by atoms with Gasteiger partial charge in [-0.25, -0.2) is 4.98 Å². The first-order valence-electron chi connectivity index (χ1n) is 9.85. The lowest BCUT2D eigenvalue weighted by Crippen LogP contribution is -2.42. The number of fused-ring (bicyclic) bond motifs is 1. The molecule has 0 amide bonds. The van der Waals surface area contributed by atoms with Crippen LogP contribution in [0.25, 0.3) is 11.0 Å². The molecule has 0 aliphatic rings. The number of ether oxygens (including phenoxy) is 2. The van der Waals surface area contributed by atoms with Crippen molar-refractivity contribution in [1.29, 1.82) is 0 Å². The number of methoxy groups -OCH3 is 1. The second kappa shape index (κ2) is 12.3. The van der Waals surface area contributed by atoms with Crippen LogP contribution >= 0.6 is 24.0 Å². The summed E-state index contributed by atoms with van der Waals surface area (Å²) in [5.41, 5.74) is 2.19. The van der Waals surface area contributed by atoms with Crippen LogP contribution < -0.4 is 20.1 Å². The van der Waals surface area contributed by atoms with E-state index in [-0.39, 0.29) is 30.1 Å². The van der Waals surface area contributed by atoms with E-state index in [0.717, 1.165) is 48.0 Å². The molecule has 2 aromatic carbocycles. The first kappa shape index (κ1) is 23.8. The predicted octanol–water partition coefficient (Wildman–Crippen LogP) is 3.69. The van der Waals surface area contributed by atoms with Crippen molar-refractivity contribution >= 4 is 41.0 Å². The summed E-state index contributed by atoms with van der Waals surface area (Å²) < 4.78 is 13.5. The van der Waals surface area contributed by atoms with Crippen molar-refractivity contribution in [3.8, 4) is 11.5 Å². The van der Waals surface area contributed by atoms with E-state index in [1.807, 2.05) is 55.7 Å². The van der Waals surface area contributed by atoms with E-state index in [1.54, 1.807) is 14.2 Å². The van der Waals surface area contributed by atoms with Gasteiger partial charge in [-0.3, -0.25) is 4.99 Å². The van der Waals surface area contributed by atoms with Crippen LogP contribution in [0.2, 0.25) is 0 Å². The molecule has 1 heterocycles. The number of guanidine groups is 1.